The molecule has 2 amide bonds. The standard InChI is InChI=1S/C20H22N4O6S2/c1-29-8-9-30-16-5-3-4-14(10-16)17-13-31-20(22-17)23-18(25)11-21-19(26)15-6-7-24(12-15)32(2,27)28/h3-7,10,12-13H,8-9,11H2,1-2H3,(H,21,26)(H,22,23,25). The molecule has 0 aliphatic rings. The van der Waals surface area contributed by atoms with Crippen LogP contribution in [0.1, 0.15) is 10.4 Å². The molecule has 2 aromatic heterocycles. The quantitative estimate of drug-likeness (QED) is 0.425. The molecule has 0 unspecified atom stereocenters. The summed E-state index contributed by atoms with van der Waals surface area (Å²) in [6.07, 6.45) is 3.47. The Balaban J connectivity index is 1.54. The first-order valence-electron chi connectivity index (χ1n) is 9.40. The van der Waals surface area contributed by atoms with Gasteiger partial charge in [0.1, 0.15) is 12.4 Å². The third-order valence-corrected chi connectivity index (χ3v) is 5.91. The van der Waals surface area contributed by atoms with Crippen molar-refractivity contribution in [1.29, 1.82) is 0 Å². The number of amides is 2. The zero-order valence-electron chi connectivity index (χ0n) is 17.4. The average Bonchev–Trinajstić information content (AvgIpc) is 3.42. The van der Waals surface area contributed by atoms with E-state index in [0.29, 0.717) is 29.8 Å². The molecule has 32 heavy (non-hydrogen) atoms. The fraction of sp³-hybridized carbons (Fsp3) is 0.250. The topological polar surface area (TPSA) is 129 Å². The van der Waals surface area contributed by atoms with E-state index in [9.17, 15) is 18.0 Å². The summed E-state index contributed by atoms with van der Waals surface area (Å²) < 4.78 is 34.4. The van der Waals surface area contributed by atoms with Crippen LogP contribution in [0.15, 0.2) is 48.1 Å². The largest absolute Gasteiger partial charge is 0.491 e. The Labute approximate surface area is 189 Å². The molecule has 0 saturated carbocycles. The zero-order chi connectivity index (χ0) is 23.1. The van der Waals surface area contributed by atoms with Gasteiger partial charge in [0.05, 0.1) is 30.7 Å². The second-order valence-corrected chi connectivity index (χ2v) is 9.38. The lowest BCUT2D eigenvalue weighted by molar-refractivity contribution is -0.115. The van der Waals surface area contributed by atoms with Crippen LogP contribution in [0, 0.1) is 0 Å². The Morgan fingerprint density at radius 1 is 1.22 bits per heavy atom. The number of nitrogens with zero attached hydrogens (tertiary/aromatic N) is 2. The highest BCUT2D eigenvalue weighted by Gasteiger charge is 2.14. The van der Waals surface area contributed by atoms with Crippen LogP contribution >= 0.6 is 11.3 Å². The monoisotopic (exact) mass is 478 g/mol. The van der Waals surface area contributed by atoms with Crippen LogP contribution in [0.25, 0.3) is 11.3 Å². The number of hydrogen-bond acceptors (Lipinski definition) is 8. The zero-order valence-corrected chi connectivity index (χ0v) is 19.0. The molecule has 0 fully saturated rings. The van der Waals surface area contributed by atoms with Crippen LogP contribution in [0.4, 0.5) is 5.13 Å². The van der Waals surface area contributed by atoms with Crippen molar-refractivity contribution in [1.82, 2.24) is 14.3 Å². The van der Waals surface area contributed by atoms with E-state index in [0.717, 1.165) is 15.8 Å². The Hall–Kier alpha value is -3.22. The first-order valence-corrected chi connectivity index (χ1v) is 12.1. The molecule has 0 atom stereocenters. The van der Waals surface area contributed by atoms with Gasteiger partial charge in [0.25, 0.3) is 5.91 Å². The number of ether oxygens (including phenoxy) is 2. The maximum absolute atomic E-state index is 12.2. The van der Waals surface area contributed by atoms with E-state index in [4.69, 9.17) is 9.47 Å². The minimum atomic E-state index is -3.48. The summed E-state index contributed by atoms with van der Waals surface area (Å²) in [6, 6.07) is 8.77. The van der Waals surface area contributed by atoms with Crippen molar-refractivity contribution in [2.45, 2.75) is 0 Å². The molecule has 2 heterocycles. The Kier molecular flexibility index (Phi) is 7.62. The molecule has 2 N–H and O–H groups in total. The summed E-state index contributed by atoms with van der Waals surface area (Å²) in [5.41, 5.74) is 1.64. The summed E-state index contributed by atoms with van der Waals surface area (Å²) >= 11 is 1.25. The minimum absolute atomic E-state index is 0.132. The van der Waals surface area contributed by atoms with E-state index in [2.05, 4.69) is 15.6 Å². The predicted octanol–water partition coefficient (Wildman–Crippen LogP) is 1.81. The minimum Gasteiger partial charge on any atom is -0.491 e. The van der Waals surface area contributed by atoms with Crippen molar-refractivity contribution < 1.29 is 27.5 Å². The van der Waals surface area contributed by atoms with E-state index < -0.39 is 21.8 Å². The Morgan fingerprint density at radius 2 is 2.03 bits per heavy atom. The van der Waals surface area contributed by atoms with E-state index in [-0.39, 0.29) is 12.1 Å². The van der Waals surface area contributed by atoms with Crippen LogP contribution in [0.3, 0.4) is 0 Å². The van der Waals surface area contributed by atoms with Gasteiger partial charge in [-0.25, -0.2) is 13.4 Å². The SMILES string of the molecule is COCCOc1cccc(-c2csc(NC(=O)CNC(=O)c3ccn(S(C)(=O)=O)c3)n2)c1. The molecule has 0 aliphatic carbocycles. The first-order chi connectivity index (χ1) is 15.3. The molecule has 10 nitrogen and oxygen atoms in total. The maximum Gasteiger partial charge on any atom is 0.253 e. The molecule has 0 aliphatic heterocycles. The molecule has 170 valence electrons. The van der Waals surface area contributed by atoms with Crippen molar-refractivity contribution in [2.75, 3.05) is 38.4 Å². The molecule has 3 rings (SSSR count). The number of thiazole rings is 1. The van der Waals surface area contributed by atoms with Gasteiger partial charge < -0.3 is 20.1 Å². The number of carbonyl (C=O) groups is 2. The third-order valence-electron chi connectivity index (χ3n) is 4.16. The summed E-state index contributed by atoms with van der Waals surface area (Å²) in [4.78, 5) is 28.7. The molecule has 3 aromatic rings. The lowest BCUT2D eigenvalue weighted by Crippen LogP contribution is -2.32. The number of methoxy groups -OCH3 is 1. The summed E-state index contributed by atoms with van der Waals surface area (Å²) in [7, 11) is -1.88. The highest BCUT2D eigenvalue weighted by atomic mass is 32.2. The molecular formula is C20H22N4O6S2. The van der Waals surface area contributed by atoms with Crippen LogP contribution < -0.4 is 15.4 Å². The lowest BCUT2D eigenvalue weighted by atomic mass is 10.2. The summed E-state index contributed by atoms with van der Waals surface area (Å²) in [6.45, 7) is 0.626. The molecule has 12 heteroatoms. The van der Waals surface area contributed by atoms with Crippen LogP contribution in [0.2, 0.25) is 0 Å². The highest BCUT2D eigenvalue weighted by molar-refractivity contribution is 7.89. The molecule has 0 saturated heterocycles. The Morgan fingerprint density at radius 3 is 2.75 bits per heavy atom. The van der Waals surface area contributed by atoms with Gasteiger partial charge in [-0.1, -0.05) is 12.1 Å². The van der Waals surface area contributed by atoms with Gasteiger partial charge in [-0.15, -0.1) is 11.3 Å². The molecule has 1 aromatic carbocycles. The predicted molar refractivity (Wildman–Crippen MR) is 121 cm³/mol. The molecule has 0 spiro atoms. The van der Waals surface area contributed by atoms with Gasteiger partial charge in [-0.05, 0) is 18.2 Å². The van der Waals surface area contributed by atoms with Crippen molar-refractivity contribution in [3.8, 4) is 17.0 Å². The van der Waals surface area contributed by atoms with Crippen LogP contribution in [0.5, 0.6) is 5.75 Å². The molecule has 0 bridgehead atoms. The number of anilines is 1. The second kappa shape index (κ2) is 10.4. The van der Waals surface area contributed by atoms with Crippen LogP contribution in [-0.4, -0.2) is 62.3 Å². The van der Waals surface area contributed by atoms with E-state index in [1.165, 1.54) is 29.8 Å². The number of benzene rings is 1. The van der Waals surface area contributed by atoms with Crippen molar-refractivity contribution >= 4 is 38.3 Å². The average molecular weight is 479 g/mol. The van der Waals surface area contributed by atoms with Crippen LogP contribution in [-0.2, 0) is 19.6 Å². The number of rotatable bonds is 10. The normalized spacial score (nSPS) is 11.2. The third kappa shape index (κ3) is 6.39. The Bertz CT molecular complexity index is 1200. The van der Waals surface area contributed by atoms with Gasteiger partial charge in [0.2, 0.25) is 15.9 Å². The number of aromatic nitrogens is 2. The van der Waals surface area contributed by atoms with Gasteiger partial charge in [0, 0.05) is 30.4 Å². The number of carbonyl (C=O) groups excluding carboxylic acids is 2. The van der Waals surface area contributed by atoms with Gasteiger partial charge >= 0.3 is 0 Å². The summed E-state index contributed by atoms with van der Waals surface area (Å²) in [5.74, 6) is -0.336. The van der Waals surface area contributed by atoms with Crippen molar-refractivity contribution in [3.63, 3.8) is 0 Å². The van der Waals surface area contributed by atoms with Crippen molar-refractivity contribution in [3.05, 3.63) is 53.7 Å². The molecule has 0 radical (unpaired) electrons. The van der Waals surface area contributed by atoms with Gasteiger partial charge in [0.15, 0.2) is 5.13 Å². The molecular weight excluding hydrogens is 456 g/mol. The van der Waals surface area contributed by atoms with Gasteiger partial charge in [-0.3, -0.25) is 13.6 Å². The highest BCUT2D eigenvalue weighted by Crippen LogP contribution is 2.27. The van der Waals surface area contributed by atoms with Gasteiger partial charge in [-0.2, -0.15) is 0 Å². The van der Waals surface area contributed by atoms with E-state index in [1.807, 2.05) is 24.3 Å². The van der Waals surface area contributed by atoms with E-state index >= 15 is 0 Å². The fourth-order valence-corrected chi connectivity index (χ4v) is 3.92. The summed E-state index contributed by atoms with van der Waals surface area (Å²) in [5, 5.41) is 7.26. The number of hydrogen-bond donors (Lipinski definition) is 2. The van der Waals surface area contributed by atoms with Crippen molar-refractivity contribution in [2.24, 2.45) is 0 Å². The number of nitrogens with one attached hydrogen (secondary N) is 2. The fourth-order valence-electron chi connectivity index (χ4n) is 2.60. The maximum atomic E-state index is 12.2. The first kappa shape index (κ1) is 23.4. The lowest BCUT2D eigenvalue weighted by Gasteiger charge is -2.06. The smallest absolute Gasteiger partial charge is 0.253 e. The second-order valence-electron chi connectivity index (χ2n) is 6.63. The van der Waals surface area contributed by atoms with E-state index in [1.54, 1.807) is 12.5 Å².